The molecule has 0 radical (unpaired) electrons. The SMILES string of the molecule is C=CC(=O)N[C@H](C(=O)Nc1ccc2ncnc(Nc3ccc(OCc4ccccn4)c(Cl)c3)c2c1)C(C)C. The monoisotopic (exact) mass is 530 g/mol. The van der Waals surface area contributed by atoms with Crippen LogP contribution < -0.4 is 20.7 Å². The molecule has 2 amide bonds. The van der Waals surface area contributed by atoms with Crippen molar-refractivity contribution in [1.29, 1.82) is 0 Å². The zero-order valence-electron chi connectivity index (χ0n) is 20.9. The van der Waals surface area contributed by atoms with Gasteiger partial charge >= 0.3 is 0 Å². The fourth-order valence-corrected chi connectivity index (χ4v) is 3.90. The number of anilines is 3. The van der Waals surface area contributed by atoms with Crippen LogP contribution in [0, 0.1) is 5.92 Å². The lowest BCUT2D eigenvalue weighted by atomic mass is 10.0. The van der Waals surface area contributed by atoms with Crippen LogP contribution in [0.15, 0.2) is 79.8 Å². The minimum Gasteiger partial charge on any atom is -0.486 e. The van der Waals surface area contributed by atoms with Gasteiger partial charge in [-0.25, -0.2) is 9.97 Å². The highest BCUT2D eigenvalue weighted by atomic mass is 35.5. The first-order valence-corrected chi connectivity index (χ1v) is 12.3. The Hall–Kier alpha value is -4.50. The average molecular weight is 531 g/mol. The zero-order valence-corrected chi connectivity index (χ0v) is 21.7. The van der Waals surface area contributed by atoms with Crippen LogP contribution in [0.3, 0.4) is 0 Å². The Bertz CT molecular complexity index is 1460. The molecule has 2 heterocycles. The number of benzene rings is 2. The number of rotatable bonds is 10. The predicted octanol–water partition coefficient (Wildman–Crippen LogP) is 5.27. The van der Waals surface area contributed by atoms with E-state index in [4.69, 9.17) is 16.3 Å². The molecule has 194 valence electrons. The third kappa shape index (κ3) is 6.63. The molecular weight excluding hydrogens is 504 g/mol. The van der Waals surface area contributed by atoms with Gasteiger partial charge in [-0.2, -0.15) is 0 Å². The van der Waals surface area contributed by atoms with Gasteiger partial charge in [-0.05, 0) is 60.5 Å². The van der Waals surface area contributed by atoms with E-state index in [1.807, 2.05) is 38.1 Å². The van der Waals surface area contributed by atoms with Crippen molar-refractivity contribution in [3.63, 3.8) is 0 Å². The Morgan fingerprint density at radius 1 is 1.05 bits per heavy atom. The van der Waals surface area contributed by atoms with Gasteiger partial charge in [0.15, 0.2) is 0 Å². The molecule has 0 aliphatic rings. The van der Waals surface area contributed by atoms with Gasteiger partial charge in [-0.3, -0.25) is 14.6 Å². The molecule has 9 nitrogen and oxygen atoms in total. The van der Waals surface area contributed by atoms with E-state index in [2.05, 4.69) is 37.5 Å². The molecule has 2 aromatic heterocycles. The molecule has 1 atom stereocenters. The highest BCUT2D eigenvalue weighted by Crippen LogP contribution is 2.31. The number of pyridine rings is 1. The minimum absolute atomic E-state index is 0.124. The van der Waals surface area contributed by atoms with E-state index < -0.39 is 11.9 Å². The minimum atomic E-state index is -0.721. The second-order valence-electron chi connectivity index (χ2n) is 8.76. The van der Waals surface area contributed by atoms with Crippen molar-refractivity contribution in [3.05, 3.63) is 90.5 Å². The molecule has 38 heavy (non-hydrogen) atoms. The Morgan fingerprint density at radius 2 is 1.87 bits per heavy atom. The standard InChI is InChI=1S/C28H27ClN6O3/c1-4-25(36)35-26(17(2)3)28(37)34-18-8-10-23-21(13-18)27(32-16-31-23)33-19-9-11-24(22(29)14-19)38-15-20-7-5-6-12-30-20/h4-14,16-17,26H,1,15H2,2-3H3,(H,34,37)(H,35,36)(H,31,32,33)/t26-/m0/s1. The first kappa shape index (κ1) is 26.6. The summed E-state index contributed by atoms with van der Waals surface area (Å²) < 4.78 is 5.80. The number of nitrogens with one attached hydrogen (secondary N) is 3. The van der Waals surface area contributed by atoms with E-state index in [1.165, 1.54) is 6.33 Å². The van der Waals surface area contributed by atoms with E-state index in [9.17, 15) is 9.59 Å². The Kier molecular flexibility index (Phi) is 8.50. The fourth-order valence-electron chi connectivity index (χ4n) is 3.67. The predicted molar refractivity (Wildman–Crippen MR) is 148 cm³/mol. The van der Waals surface area contributed by atoms with E-state index in [1.54, 1.807) is 36.5 Å². The maximum Gasteiger partial charge on any atom is 0.247 e. The van der Waals surface area contributed by atoms with Crippen LogP contribution in [0.1, 0.15) is 19.5 Å². The number of ether oxygens (including phenoxy) is 1. The second-order valence-corrected chi connectivity index (χ2v) is 9.17. The maximum absolute atomic E-state index is 12.9. The van der Waals surface area contributed by atoms with Gasteiger partial charge in [-0.15, -0.1) is 0 Å². The number of fused-ring (bicyclic) bond motifs is 1. The molecule has 0 saturated carbocycles. The van der Waals surface area contributed by atoms with Crippen LogP contribution in [-0.4, -0.2) is 32.8 Å². The van der Waals surface area contributed by atoms with Crippen LogP contribution >= 0.6 is 11.6 Å². The lowest BCUT2D eigenvalue weighted by Gasteiger charge is -2.21. The second kappa shape index (κ2) is 12.2. The lowest BCUT2D eigenvalue weighted by Crippen LogP contribution is -2.46. The molecule has 0 fully saturated rings. The van der Waals surface area contributed by atoms with Crippen molar-refractivity contribution in [2.24, 2.45) is 5.92 Å². The van der Waals surface area contributed by atoms with Crippen LogP contribution in [-0.2, 0) is 16.2 Å². The van der Waals surface area contributed by atoms with E-state index in [-0.39, 0.29) is 11.8 Å². The number of aromatic nitrogens is 3. The van der Waals surface area contributed by atoms with E-state index >= 15 is 0 Å². The van der Waals surface area contributed by atoms with Gasteiger partial charge in [0.05, 0.1) is 16.2 Å². The molecule has 3 N–H and O–H groups in total. The number of halogens is 1. The summed E-state index contributed by atoms with van der Waals surface area (Å²) in [6.45, 7) is 7.45. The summed E-state index contributed by atoms with van der Waals surface area (Å²) in [4.78, 5) is 37.6. The Morgan fingerprint density at radius 3 is 2.58 bits per heavy atom. The molecular formula is C28H27ClN6O3. The van der Waals surface area contributed by atoms with Crippen molar-refractivity contribution in [2.75, 3.05) is 10.6 Å². The largest absolute Gasteiger partial charge is 0.486 e. The van der Waals surface area contributed by atoms with Gasteiger partial charge in [0, 0.05) is 23.0 Å². The summed E-state index contributed by atoms with van der Waals surface area (Å²) in [6, 6.07) is 15.5. The van der Waals surface area contributed by atoms with Crippen molar-refractivity contribution in [1.82, 2.24) is 20.3 Å². The van der Waals surface area contributed by atoms with Crippen molar-refractivity contribution < 1.29 is 14.3 Å². The molecule has 0 aliphatic carbocycles. The molecule has 10 heteroatoms. The maximum atomic E-state index is 12.9. The highest BCUT2D eigenvalue weighted by molar-refractivity contribution is 6.32. The molecule has 0 saturated heterocycles. The quantitative estimate of drug-likeness (QED) is 0.239. The highest BCUT2D eigenvalue weighted by Gasteiger charge is 2.23. The van der Waals surface area contributed by atoms with Gasteiger partial charge in [0.1, 0.15) is 30.5 Å². The number of hydrogen-bond donors (Lipinski definition) is 3. The van der Waals surface area contributed by atoms with Crippen LogP contribution in [0.2, 0.25) is 5.02 Å². The first-order chi connectivity index (χ1) is 18.3. The van der Waals surface area contributed by atoms with Crippen molar-refractivity contribution in [3.8, 4) is 5.75 Å². The Labute approximate surface area is 225 Å². The van der Waals surface area contributed by atoms with Gasteiger partial charge in [0.2, 0.25) is 11.8 Å². The van der Waals surface area contributed by atoms with Crippen LogP contribution in [0.25, 0.3) is 10.9 Å². The number of carbonyl (C=O) groups is 2. The Balaban J connectivity index is 1.51. The molecule has 0 aliphatic heterocycles. The third-order valence-corrected chi connectivity index (χ3v) is 5.93. The molecule has 0 unspecified atom stereocenters. The van der Waals surface area contributed by atoms with Gasteiger partial charge in [0.25, 0.3) is 0 Å². The molecule has 4 aromatic rings. The molecule has 0 spiro atoms. The summed E-state index contributed by atoms with van der Waals surface area (Å²) in [7, 11) is 0. The summed E-state index contributed by atoms with van der Waals surface area (Å²) >= 11 is 6.46. The number of nitrogens with zero attached hydrogens (tertiary/aromatic N) is 3. The fraction of sp³-hybridized carbons (Fsp3) is 0.179. The summed E-state index contributed by atoms with van der Waals surface area (Å²) in [6.07, 6.45) is 4.30. The van der Waals surface area contributed by atoms with Gasteiger partial charge < -0.3 is 20.7 Å². The van der Waals surface area contributed by atoms with E-state index in [0.717, 1.165) is 11.8 Å². The smallest absolute Gasteiger partial charge is 0.247 e. The average Bonchev–Trinajstić information content (AvgIpc) is 2.91. The summed E-state index contributed by atoms with van der Waals surface area (Å²) in [5.41, 5.74) is 2.71. The number of hydrogen-bond acceptors (Lipinski definition) is 7. The number of amides is 2. The first-order valence-electron chi connectivity index (χ1n) is 11.9. The molecule has 0 bridgehead atoms. The summed E-state index contributed by atoms with van der Waals surface area (Å²) in [5, 5.41) is 9.91. The van der Waals surface area contributed by atoms with Crippen LogP contribution in [0.5, 0.6) is 5.75 Å². The van der Waals surface area contributed by atoms with Crippen molar-refractivity contribution >= 4 is 51.5 Å². The van der Waals surface area contributed by atoms with Crippen LogP contribution in [0.4, 0.5) is 17.2 Å². The zero-order chi connectivity index (χ0) is 27.1. The van der Waals surface area contributed by atoms with Gasteiger partial charge in [-0.1, -0.05) is 38.1 Å². The third-order valence-electron chi connectivity index (χ3n) is 5.63. The summed E-state index contributed by atoms with van der Waals surface area (Å²) in [5.74, 6) is 0.187. The lowest BCUT2D eigenvalue weighted by molar-refractivity contribution is -0.124. The normalized spacial score (nSPS) is 11.6. The molecule has 2 aromatic carbocycles. The van der Waals surface area contributed by atoms with Crippen molar-refractivity contribution in [2.45, 2.75) is 26.5 Å². The number of carbonyl (C=O) groups excluding carboxylic acids is 2. The topological polar surface area (TPSA) is 118 Å². The molecule has 4 rings (SSSR count). The van der Waals surface area contributed by atoms with E-state index in [0.29, 0.717) is 45.5 Å².